The van der Waals surface area contributed by atoms with Gasteiger partial charge in [-0.05, 0) is 39.5 Å². The molecule has 0 aliphatic heterocycles. The molecule has 2 aromatic heterocycles. The zero-order valence-electron chi connectivity index (χ0n) is 11.3. The van der Waals surface area contributed by atoms with Crippen LogP contribution in [0.5, 0.6) is 0 Å². The molecule has 108 valence electrons. The first-order chi connectivity index (χ1) is 10.1. The van der Waals surface area contributed by atoms with Gasteiger partial charge in [-0.1, -0.05) is 13.0 Å². The molecule has 0 amide bonds. The number of imidazole rings is 1. The Bertz CT molecular complexity index is 822. The number of aryl methyl sites for hydroxylation is 1. The fourth-order valence-electron chi connectivity index (χ4n) is 2.43. The number of carbonyl (C=O) groups is 1. The summed E-state index contributed by atoms with van der Waals surface area (Å²) >= 11 is 5.18. The third kappa shape index (κ3) is 2.49. The van der Waals surface area contributed by atoms with Crippen LogP contribution in [-0.2, 0) is 13.0 Å². The van der Waals surface area contributed by atoms with Crippen LogP contribution in [-0.4, -0.2) is 20.6 Å². The van der Waals surface area contributed by atoms with E-state index in [1.165, 1.54) is 0 Å². The van der Waals surface area contributed by atoms with Crippen LogP contribution in [0.1, 0.15) is 28.0 Å². The van der Waals surface area contributed by atoms with E-state index in [1.54, 1.807) is 23.5 Å². The van der Waals surface area contributed by atoms with Gasteiger partial charge in [0.25, 0.3) is 0 Å². The van der Waals surface area contributed by atoms with E-state index in [-0.39, 0.29) is 0 Å². The second-order valence-electron chi connectivity index (χ2n) is 4.64. The standard InChI is InChI=1S/C15H13BrN2O2S/c1-2-13-17-11-5-3-4-9(15(19)20)14(11)18(13)8-12-10(16)6-7-21-12/h3-7H,2,8H2,1H3,(H,19,20). The number of halogens is 1. The van der Waals surface area contributed by atoms with Crippen LogP contribution in [0.15, 0.2) is 34.1 Å². The summed E-state index contributed by atoms with van der Waals surface area (Å²) in [5.74, 6) is -0.0198. The molecule has 4 nitrogen and oxygen atoms in total. The molecule has 1 N–H and O–H groups in total. The van der Waals surface area contributed by atoms with Crippen LogP contribution in [0.2, 0.25) is 0 Å². The number of benzene rings is 1. The van der Waals surface area contributed by atoms with Crippen LogP contribution in [0.3, 0.4) is 0 Å². The third-order valence-electron chi connectivity index (χ3n) is 3.39. The molecule has 0 saturated carbocycles. The molecule has 0 spiro atoms. The van der Waals surface area contributed by atoms with Gasteiger partial charge >= 0.3 is 5.97 Å². The number of aromatic carboxylic acids is 1. The molecule has 0 bridgehead atoms. The molecule has 3 aromatic rings. The van der Waals surface area contributed by atoms with Gasteiger partial charge in [-0.15, -0.1) is 11.3 Å². The minimum Gasteiger partial charge on any atom is -0.478 e. The lowest BCUT2D eigenvalue weighted by Gasteiger charge is -2.09. The van der Waals surface area contributed by atoms with Crippen molar-refractivity contribution >= 4 is 44.3 Å². The Kier molecular flexibility index (Phi) is 3.82. The highest BCUT2D eigenvalue weighted by molar-refractivity contribution is 9.10. The molecule has 3 rings (SSSR count). The molecule has 21 heavy (non-hydrogen) atoms. The molecule has 0 saturated heterocycles. The van der Waals surface area contributed by atoms with Crippen LogP contribution in [0.25, 0.3) is 11.0 Å². The van der Waals surface area contributed by atoms with Crippen molar-refractivity contribution < 1.29 is 9.90 Å². The smallest absolute Gasteiger partial charge is 0.337 e. The fraction of sp³-hybridized carbons (Fsp3) is 0.200. The van der Waals surface area contributed by atoms with Gasteiger partial charge in [-0.3, -0.25) is 0 Å². The summed E-state index contributed by atoms with van der Waals surface area (Å²) in [6.45, 7) is 2.66. The maximum atomic E-state index is 11.5. The van der Waals surface area contributed by atoms with Crippen LogP contribution < -0.4 is 0 Å². The van der Waals surface area contributed by atoms with E-state index in [9.17, 15) is 9.90 Å². The maximum Gasteiger partial charge on any atom is 0.337 e. The molecular weight excluding hydrogens is 352 g/mol. The van der Waals surface area contributed by atoms with Gasteiger partial charge in [0.15, 0.2) is 0 Å². The number of hydrogen-bond donors (Lipinski definition) is 1. The summed E-state index contributed by atoms with van der Waals surface area (Å²) in [6.07, 6.45) is 0.761. The third-order valence-corrected chi connectivity index (χ3v) is 5.30. The monoisotopic (exact) mass is 364 g/mol. The number of fused-ring (bicyclic) bond motifs is 1. The highest BCUT2D eigenvalue weighted by Crippen LogP contribution is 2.27. The first-order valence-corrected chi connectivity index (χ1v) is 8.22. The van der Waals surface area contributed by atoms with Crippen LogP contribution >= 0.6 is 27.3 Å². The van der Waals surface area contributed by atoms with Crippen molar-refractivity contribution in [3.63, 3.8) is 0 Å². The Morgan fingerprint density at radius 3 is 2.86 bits per heavy atom. The predicted octanol–water partition coefficient (Wildman–Crippen LogP) is 4.17. The Labute approximate surface area is 134 Å². The number of aromatic nitrogens is 2. The molecular formula is C15H13BrN2O2S. The van der Waals surface area contributed by atoms with Crippen molar-refractivity contribution in [2.75, 3.05) is 0 Å². The van der Waals surface area contributed by atoms with E-state index >= 15 is 0 Å². The first kappa shape index (κ1) is 14.3. The molecule has 6 heteroatoms. The molecule has 0 fully saturated rings. The van der Waals surface area contributed by atoms with Crippen molar-refractivity contribution in [3.05, 3.63) is 50.4 Å². The molecule has 2 heterocycles. The van der Waals surface area contributed by atoms with Gasteiger partial charge in [0.2, 0.25) is 0 Å². The van der Waals surface area contributed by atoms with E-state index in [0.717, 1.165) is 27.1 Å². The van der Waals surface area contributed by atoms with E-state index in [4.69, 9.17) is 0 Å². The normalized spacial score (nSPS) is 11.1. The van der Waals surface area contributed by atoms with Crippen molar-refractivity contribution in [2.24, 2.45) is 0 Å². The Morgan fingerprint density at radius 1 is 1.43 bits per heavy atom. The lowest BCUT2D eigenvalue weighted by molar-refractivity contribution is 0.0698. The van der Waals surface area contributed by atoms with E-state index in [2.05, 4.69) is 20.9 Å². The zero-order valence-corrected chi connectivity index (χ0v) is 13.7. The highest BCUT2D eigenvalue weighted by atomic mass is 79.9. The van der Waals surface area contributed by atoms with Gasteiger partial charge in [0.05, 0.1) is 23.1 Å². The van der Waals surface area contributed by atoms with Crippen molar-refractivity contribution in [1.82, 2.24) is 9.55 Å². The minimum atomic E-state index is -0.922. The minimum absolute atomic E-state index is 0.298. The van der Waals surface area contributed by atoms with Crippen molar-refractivity contribution in [3.8, 4) is 0 Å². The fourth-order valence-corrected chi connectivity index (χ4v) is 3.89. The highest BCUT2D eigenvalue weighted by Gasteiger charge is 2.17. The summed E-state index contributed by atoms with van der Waals surface area (Å²) < 4.78 is 3.05. The van der Waals surface area contributed by atoms with E-state index < -0.39 is 5.97 Å². The Balaban J connectivity index is 2.24. The van der Waals surface area contributed by atoms with Gasteiger partial charge in [-0.2, -0.15) is 0 Å². The van der Waals surface area contributed by atoms with Gasteiger partial charge in [-0.25, -0.2) is 9.78 Å². The van der Waals surface area contributed by atoms with Crippen molar-refractivity contribution in [1.29, 1.82) is 0 Å². The van der Waals surface area contributed by atoms with Crippen LogP contribution in [0.4, 0.5) is 0 Å². The number of carboxylic acid groups (broad SMARTS) is 1. The van der Waals surface area contributed by atoms with Crippen LogP contribution in [0, 0.1) is 0 Å². The second-order valence-corrected chi connectivity index (χ2v) is 6.49. The summed E-state index contributed by atoms with van der Waals surface area (Å²) in [6, 6.07) is 7.24. The number of nitrogens with zero attached hydrogens (tertiary/aromatic N) is 2. The van der Waals surface area contributed by atoms with Gasteiger partial charge in [0, 0.05) is 15.8 Å². The van der Waals surface area contributed by atoms with E-state index in [1.807, 2.05) is 29.0 Å². The lowest BCUT2D eigenvalue weighted by atomic mass is 10.2. The largest absolute Gasteiger partial charge is 0.478 e. The molecule has 0 aliphatic carbocycles. The van der Waals surface area contributed by atoms with Gasteiger partial charge in [0.1, 0.15) is 5.82 Å². The SMILES string of the molecule is CCc1nc2cccc(C(=O)O)c2n1Cc1sccc1Br. The Morgan fingerprint density at radius 2 is 2.24 bits per heavy atom. The van der Waals surface area contributed by atoms with E-state index in [0.29, 0.717) is 17.6 Å². The topological polar surface area (TPSA) is 55.1 Å². The molecule has 1 aromatic carbocycles. The first-order valence-electron chi connectivity index (χ1n) is 6.55. The summed E-state index contributed by atoms with van der Waals surface area (Å²) in [4.78, 5) is 17.2. The summed E-state index contributed by atoms with van der Waals surface area (Å²) in [5.41, 5.74) is 1.73. The summed E-state index contributed by atoms with van der Waals surface area (Å²) in [5, 5.41) is 11.4. The molecule has 0 atom stereocenters. The number of rotatable bonds is 4. The number of thiophene rings is 1. The number of carboxylic acids is 1. The Hall–Kier alpha value is -1.66. The molecule has 0 aliphatic rings. The predicted molar refractivity (Wildman–Crippen MR) is 87.2 cm³/mol. The van der Waals surface area contributed by atoms with Crippen molar-refractivity contribution in [2.45, 2.75) is 19.9 Å². The summed E-state index contributed by atoms with van der Waals surface area (Å²) in [7, 11) is 0. The molecule has 0 radical (unpaired) electrons. The molecule has 0 unspecified atom stereocenters. The maximum absolute atomic E-state index is 11.5. The number of para-hydroxylation sites is 1. The average molecular weight is 365 g/mol. The number of hydrogen-bond acceptors (Lipinski definition) is 3. The quantitative estimate of drug-likeness (QED) is 0.755. The zero-order chi connectivity index (χ0) is 15.0. The second kappa shape index (κ2) is 5.61. The average Bonchev–Trinajstić information content (AvgIpc) is 3.03. The van der Waals surface area contributed by atoms with Gasteiger partial charge < -0.3 is 9.67 Å². The lowest BCUT2D eigenvalue weighted by Crippen LogP contribution is -2.07.